The first-order valence-electron chi connectivity index (χ1n) is 10.2. The van der Waals surface area contributed by atoms with E-state index in [9.17, 15) is 31.5 Å². The summed E-state index contributed by atoms with van der Waals surface area (Å²) in [4.78, 5) is 11.5. The standard InChI is InChI=1S/C18H29F4N3O4S/c1-17(2,18(20,21)22)5-6-23-11-4-3-10-7-13(26)16(15(19)12(10)8-11)25-9-14(27)24-30(25,28)29/h10-13,15-16,23,26H,3-9H2,1-2H3,(H,24,27). The van der Waals surface area contributed by atoms with Gasteiger partial charge in [0, 0.05) is 6.04 Å². The number of aliphatic hydroxyl groups excluding tert-OH is 1. The minimum absolute atomic E-state index is 0.110. The van der Waals surface area contributed by atoms with E-state index in [1.165, 1.54) is 0 Å². The van der Waals surface area contributed by atoms with Crippen molar-refractivity contribution in [2.24, 2.45) is 17.3 Å². The highest BCUT2D eigenvalue weighted by atomic mass is 32.2. The number of halogens is 4. The molecule has 1 aliphatic heterocycles. The zero-order valence-corrected chi connectivity index (χ0v) is 17.8. The predicted octanol–water partition coefficient (Wildman–Crippen LogP) is 1.49. The Morgan fingerprint density at radius 2 is 1.90 bits per heavy atom. The molecule has 3 fully saturated rings. The molecule has 7 nitrogen and oxygen atoms in total. The minimum atomic E-state index is -4.31. The molecule has 0 bridgehead atoms. The summed E-state index contributed by atoms with van der Waals surface area (Å²) in [6, 6.07) is -1.53. The van der Waals surface area contributed by atoms with Gasteiger partial charge in [0.1, 0.15) is 6.17 Å². The van der Waals surface area contributed by atoms with Gasteiger partial charge in [0.05, 0.1) is 24.1 Å². The van der Waals surface area contributed by atoms with E-state index in [0.29, 0.717) is 23.6 Å². The van der Waals surface area contributed by atoms with Gasteiger partial charge in [0.2, 0.25) is 5.91 Å². The first-order valence-corrected chi connectivity index (χ1v) is 11.6. The molecule has 6 atom stereocenters. The van der Waals surface area contributed by atoms with Crippen molar-refractivity contribution in [2.75, 3.05) is 13.1 Å². The minimum Gasteiger partial charge on any atom is -0.391 e. The highest BCUT2D eigenvalue weighted by Crippen LogP contribution is 2.45. The Morgan fingerprint density at radius 1 is 1.23 bits per heavy atom. The second-order valence-corrected chi connectivity index (χ2v) is 11.0. The maximum atomic E-state index is 15.4. The number of nitrogens with zero attached hydrogens (tertiary/aromatic N) is 1. The van der Waals surface area contributed by atoms with Gasteiger partial charge >= 0.3 is 16.4 Å². The molecule has 3 rings (SSSR count). The Bertz CT molecular complexity index is 761. The van der Waals surface area contributed by atoms with E-state index >= 15 is 4.39 Å². The number of amides is 1. The van der Waals surface area contributed by atoms with Crippen LogP contribution in [0.2, 0.25) is 0 Å². The third kappa shape index (κ3) is 4.61. The van der Waals surface area contributed by atoms with Gasteiger partial charge in [0.15, 0.2) is 0 Å². The molecule has 1 saturated heterocycles. The van der Waals surface area contributed by atoms with Crippen molar-refractivity contribution >= 4 is 16.1 Å². The Hall–Kier alpha value is -0.980. The molecule has 30 heavy (non-hydrogen) atoms. The fraction of sp³-hybridized carbons (Fsp3) is 0.944. The van der Waals surface area contributed by atoms with Crippen LogP contribution in [0.1, 0.15) is 46.0 Å². The number of aliphatic hydroxyl groups is 1. The van der Waals surface area contributed by atoms with Crippen LogP contribution in [0.4, 0.5) is 17.6 Å². The monoisotopic (exact) mass is 459 g/mol. The molecule has 1 heterocycles. The second kappa shape index (κ2) is 8.18. The Labute approximate surface area is 173 Å². The smallest absolute Gasteiger partial charge is 0.391 e. The van der Waals surface area contributed by atoms with Gasteiger partial charge in [-0.25, -0.2) is 9.11 Å². The van der Waals surface area contributed by atoms with E-state index in [0.717, 1.165) is 13.8 Å². The van der Waals surface area contributed by atoms with Gasteiger partial charge in [-0.1, -0.05) is 13.8 Å². The summed E-state index contributed by atoms with van der Waals surface area (Å²) in [5, 5.41) is 13.5. The maximum absolute atomic E-state index is 15.4. The van der Waals surface area contributed by atoms with Crippen LogP contribution in [0.3, 0.4) is 0 Å². The van der Waals surface area contributed by atoms with E-state index < -0.39 is 58.5 Å². The van der Waals surface area contributed by atoms with Crippen LogP contribution < -0.4 is 10.0 Å². The van der Waals surface area contributed by atoms with Crippen molar-refractivity contribution in [1.82, 2.24) is 14.3 Å². The van der Waals surface area contributed by atoms with Crippen molar-refractivity contribution in [3.05, 3.63) is 0 Å². The summed E-state index contributed by atoms with van der Waals surface area (Å²) < 4.78 is 81.2. The van der Waals surface area contributed by atoms with Crippen LogP contribution in [0.5, 0.6) is 0 Å². The van der Waals surface area contributed by atoms with E-state index in [2.05, 4.69) is 5.32 Å². The fourth-order valence-electron chi connectivity index (χ4n) is 4.86. The van der Waals surface area contributed by atoms with Gasteiger partial charge in [-0.05, 0) is 50.5 Å². The molecule has 0 spiro atoms. The quantitative estimate of drug-likeness (QED) is 0.541. The lowest BCUT2D eigenvalue weighted by Gasteiger charge is -2.48. The lowest BCUT2D eigenvalue weighted by atomic mass is 9.66. The molecular weight excluding hydrogens is 430 g/mol. The Balaban J connectivity index is 1.63. The first-order chi connectivity index (χ1) is 13.7. The summed E-state index contributed by atoms with van der Waals surface area (Å²) in [6.45, 7) is 1.89. The average Bonchev–Trinajstić information content (AvgIpc) is 2.86. The maximum Gasteiger partial charge on any atom is 0.394 e. The van der Waals surface area contributed by atoms with Crippen molar-refractivity contribution in [3.8, 4) is 0 Å². The second-order valence-electron chi connectivity index (χ2n) is 9.33. The molecule has 3 N–H and O–H groups in total. The highest BCUT2D eigenvalue weighted by molar-refractivity contribution is 7.88. The number of alkyl halides is 4. The number of carbonyl (C=O) groups excluding carboxylic acids is 1. The summed E-state index contributed by atoms with van der Waals surface area (Å²) in [7, 11) is -4.19. The van der Waals surface area contributed by atoms with Crippen molar-refractivity contribution in [2.45, 2.75) is 76.5 Å². The lowest BCUT2D eigenvalue weighted by molar-refractivity contribution is -0.213. The number of fused-ring (bicyclic) bond motifs is 1. The van der Waals surface area contributed by atoms with E-state index in [1.807, 2.05) is 0 Å². The molecule has 6 unspecified atom stereocenters. The SMILES string of the molecule is CC(C)(CCNC1CCC2CC(O)C(N3CC(=O)NS3(=O)=O)C(F)C2C1)C(F)(F)F. The van der Waals surface area contributed by atoms with E-state index in [4.69, 9.17) is 0 Å². The molecule has 1 amide bonds. The number of hydrogen-bond donors (Lipinski definition) is 3. The Kier molecular flexibility index (Phi) is 6.45. The topological polar surface area (TPSA) is 98.7 Å². The molecule has 12 heteroatoms. The van der Waals surface area contributed by atoms with Crippen molar-refractivity contribution in [1.29, 1.82) is 0 Å². The zero-order valence-electron chi connectivity index (χ0n) is 17.0. The van der Waals surface area contributed by atoms with Gasteiger partial charge < -0.3 is 10.4 Å². The molecule has 3 aliphatic rings. The van der Waals surface area contributed by atoms with E-state index in [-0.39, 0.29) is 31.3 Å². The van der Waals surface area contributed by atoms with Crippen LogP contribution >= 0.6 is 0 Å². The molecule has 0 radical (unpaired) electrons. The van der Waals surface area contributed by atoms with Gasteiger partial charge in [-0.15, -0.1) is 0 Å². The third-order valence-corrected chi connectivity index (χ3v) is 8.33. The van der Waals surface area contributed by atoms with Gasteiger partial charge in [0.25, 0.3) is 0 Å². The summed E-state index contributed by atoms with van der Waals surface area (Å²) in [5.41, 5.74) is -1.83. The fourth-order valence-corrected chi connectivity index (χ4v) is 6.19. The van der Waals surface area contributed by atoms with E-state index in [1.54, 1.807) is 4.72 Å². The molecule has 2 saturated carbocycles. The van der Waals surface area contributed by atoms with Gasteiger partial charge in [-0.3, -0.25) is 4.79 Å². The molecular formula is C18H29F4N3O4S. The first kappa shape index (κ1) is 23.7. The molecule has 0 aromatic rings. The lowest BCUT2D eigenvalue weighted by Crippen LogP contribution is -2.59. The molecule has 0 aromatic heterocycles. The molecule has 174 valence electrons. The number of hydrogen-bond acceptors (Lipinski definition) is 5. The number of nitrogens with one attached hydrogen (secondary N) is 2. The number of rotatable bonds is 5. The zero-order chi connectivity index (χ0) is 22.5. The summed E-state index contributed by atoms with van der Waals surface area (Å²) in [6.07, 6.45) is -5.49. The summed E-state index contributed by atoms with van der Waals surface area (Å²) >= 11 is 0. The van der Waals surface area contributed by atoms with Crippen LogP contribution in [0.25, 0.3) is 0 Å². The predicted molar refractivity (Wildman–Crippen MR) is 100 cm³/mol. The third-order valence-electron chi connectivity index (χ3n) is 6.86. The van der Waals surface area contributed by atoms with Crippen LogP contribution in [-0.2, 0) is 15.0 Å². The normalized spacial score (nSPS) is 37.6. The van der Waals surface area contributed by atoms with Crippen molar-refractivity contribution in [3.63, 3.8) is 0 Å². The van der Waals surface area contributed by atoms with Crippen LogP contribution in [-0.4, -0.2) is 67.4 Å². The summed E-state index contributed by atoms with van der Waals surface area (Å²) in [5.74, 6) is -1.44. The molecule has 0 aromatic carbocycles. The van der Waals surface area contributed by atoms with Crippen molar-refractivity contribution < 1.29 is 35.9 Å². The molecule has 2 aliphatic carbocycles. The Morgan fingerprint density at radius 3 is 2.47 bits per heavy atom. The highest BCUT2D eigenvalue weighted by Gasteiger charge is 2.54. The van der Waals surface area contributed by atoms with Crippen LogP contribution in [0.15, 0.2) is 0 Å². The van der Waals surface area contributed by atoms with Crippen LogP contribution in [0, 0.1) is 17.3 Å². The number of carbonyl (C=O) groups is 1. The average molecular weight is 460 g/mol. The largest absolute Gasteiger partial charge is 0.394 e. The van der Waals surface area contributed by atoms with Gasteiger partial charge in [-0.2, -0.15) is 25.9 Å².